The maximum Gasteiger partial charge on any atom is 0.497 e. The third-order valence-electron chi connectivity index (χ3n) is 3.70. The zero-order chi connectivity index (χ0) is 15.1. The molecule has 7 heteroatoms. The molecule has 0 spiro atoms. The fourth-order valence-electron chi connectivity index (χ4n) is 1.85. The van der Waals surface area contributed by atoms with E-state index in [1.54, 1.807) is 0 Å². The molecule has 0 unspecified atom stereocenters. The minimum atomic E-state index is -0.993. The van der Waals surface area contributed by atoms with Crippen LogP contribution in [0.15, 0.2) is 18.2 Å². The maximum absolute atomic E-state index is 14.1. The maximum atomic E-state index is 14.1. The van der Waals surface area contributed by atoms with Gasteiger partial charge in [-0.3, -0.25) is 0 Å². The molecule has 1 amide bonds. The van der Waals surface area contributed by atoms with Gasteiger partial charge in [0.1, 0.15) is 11.6 Å². The van der Waals surface area contributed by atoms with E-state index in [4.69, 9.17) is 15.0 Å². The van der Waals surface area contributed by atoms with Crippen LogP contribution in [0, 0.1) is 5.82 Å². The van der Waals surface area contributed by atoms with Gasteiger partial charge in [0, 0.05) is 11.5 Å². The van der Waals surface area contributed by atoms with Crippen molar-refractivity contribution in [1.82, 2.24) is 0 Å². The number of benzene rings is 1. The fraction of sp³-hybridized carbons (Fsp3) is 0.462. The van der Waals surface area contributed by atoms with Gasteiger partial charge >= 0.3 is 13.2 Å². The fourth-order valence-corrected chi connectivity index (χ4v) is 1.85. The van der Waals surface area contributed by atoms with Gasteiger partial charge in [-0.05, 0) is 33.8 Å². The van der Waals surface area contributed by atoms with Gasteiger partial charge in [-0.1, -0.05) is 6.07 Å². The summed E-state index contributed by atoms with van der Waals surface area (Å²) in [5, 5.41) is 0. The largest absolute Gasteiger partial charge is 0.497 e. The molecule has 1 saturated heterocycles. The van der Waals surface area contributed by atoms with Crippen molar-refractivity contribution in [3.63, 3.8) is 0 Å². The molecule has 0 saturated carbocycles. The zero-order valence-corrected chi connectivity index (χ0v) is 11.9. The molecule has 0 aliphatic carbocycles. The molecule has 20 heavy (non-hydrogen) atoms. The van der Waals surface area contributed by atoms with E-state index in [2.05, 4.69) is 4.74 Å². The summed E-state index contributed by atoms with van der Waals surface area (Å²) in [5.41, 5.74) is 4.03. The van der Waals surface area contributed by atoms with Crippen molar-refractivity contribution in [2.75, 3.05) is 0 Å². The van der Waals surface area contributed by atoms with Crippen molar-refractivity contribution in [2.45, 2.75) is 38.9 Å². The van der Waals surface area contributed by atoms with Crippen LogP contribution in [-0.2, 0) is 9.31 Å². The summed E-state index contributed by atoms with van der Waals surface area (Å²) in [6, 6.07) is 3.97. The Hall–Kier alpha value is -1.60. The summed E-state index contributed by atoms with van der Waals surface area (Å²) >= 11 is 0. The van der Waals surface area contributed by atoms with E-state index in [0.717, 1.165) is 6.07 Å². The molecule has 2 N–H and O–H groups in total. The van der Waals surface area contributed by atoms with Gasteiger partial charge in [-0.15, -0.1) is 0 Å². The number of carbonyl (C=O) groups is 1. The summed E-state index contributed by atoms with van der Waals surface area (Å²) in [5.74, 6) is -0.544. The van der Waals surface area contributed by atoms with Crippen molar-refractivity contribution in [1.29, 1.82) is 0 Å². The van der Waals surface area contributed by atoms with Crippen molar-refractivity contribution >= 4 is 18.7 Å². The molecule has 0 aromatic heterocycles. The number of nitrogens with two attached hydrogens (primary N) is 1. The summed E-state index contributed by atoms with van der Waals surface area (Å²) < 4.78 is 30.2. The molecule has 2 rings (SSSR count). The predicted octanol–water partition coefficient (Wildman–Crippen LogP) is 1.58. The van der Waals surface area contributed by atoms with Gasteiger partial charge in [0.05, 0.1) is 11.2 Å². The van der Waals surface area contributed by atoms with Crippen LogP contribution in [0.3, 0.4) is 0 Å². The van der Waals surface area contributed by atoms with E-state index in [1.165, 1.54) is 12.1 Å². The first kappa shape index (κ1) is 14.8. The highest BCUT2D eigenvalue weighted by molar-refractivity contribution is 6.62. The minimum absolute atomic E-state index is 0.0373. The summed E-state index contributed by atoms with van der Waals surface area (Å²) in [7, 11) is -0.803. The summed E-state index contributed by atoms with van der Waals surface area (Å²) in [6.07, 6.45) is -0.993. The van der Waals surface area contributed by atoms with E-state index in [9.17, 15) is 9.18 Å². The van der Waals surface area contributed by atoms with Crippen LogP contribution in [0.1, 0.15) is 27.7 Å². The molecule has 1 aliphatic heterocycles. The number of primary amides is 1. The Morgan fingerprint density at radius 2 is 1.80 bits per heavy atom. The molecule has 108 valence electrons. The average Bonchev–Trinajstić information content (AvgIpc) is 2.46. The van der Waals surface area contributed by atoms with Gasteiger partial charge in [-0.2, -0.15) is 0 Å². The van der Waals surface area contributed by atoms with Crippen molar-refractivity contribution in [3.8, 4) is 5.75 Å². The standard InChI is InChI=1S/C13H17BFNO4/c1-12(2)13(3,4)20-14(19-12)9-6-5-8(7-10(9)15)18-11(16)17/h5-7H,1-4H3,(H2,16,17). The SMILES string of the molecule is CC1(C)OB(c2ccc(OC(N)=O)cc2F)OC1(C)C. The second kappa shape index (κ2) is 4.75. The minimum Gasteiger partial charge on any atom is -0.410 e. The normalized spacial score (nSPS) is 19.9. The highest BCUT2D eigenvalue weighted by Crippen LogP contribution is 2.36. The number of ether oxygens (including phenoxy) is 1. The van der Waals surface area contributed by atoms with Crippen LogP contribution in [0.2, 0.25) is 0 Å². The lowest BCUT2D eigenvalue weighted by Gasteiger charge is -2.32. The molecule has 1 heterocycles. The van der Waals surface area contributed by atoms with Crippen LogP contribution < -0.4 is 15.9 Å². The van der Waals surface area contributed by atoms with E-state index in [-0.39, 0.29) is 11.2 Å². The van der Waals surface area contributed by atoms with Crippen molar-refractivity contribution < 1.29 is 23.2 Å². The first-order valence-electron chi connectivity index (χ1n) is 6.25. The van der Waals surface area contributed by atoms with E-state index < -0.39 is 30.2 Å². The lowest BCUT2D eigenvalue weighted by molar-refractivity contribution is 0.00578. The van der Waals surface area contributed by atoms with Crippen LogP contribution in [0.4, 0.5) is 9.18 Å². The molecule has 1 aromatic rings. The number of hydrogen-bond acceptors (Lipinski definition) is 4. The molecule has 5 nitrogen and oxygen atoms in total. The molecular weight excluding hydrogens is 264 g/mol. The Morgan fingerprint density at radius 1 is 1.25 bits per heavy atom. The summed E-state index contributed by atoms with van der Waals surface area (Å²) in [4.78, 5) is 10.6. The Bertz CT molecular complexity index is 531. The first-order valence-corrected chi connectivity index (χ1v) is 6.25. The van der Waals surface area contributed by atoms with Crippen LogP contribution in [0.25, 0.3) is 0 Å². The highest BCUT2D eigenvalue weighted by atomic mass is 19.1. The molecular formula is C13H17BFNO4. The molecule has 0 radical (unpaired) electrons. The average molecular weight is 281 g/mol. The van der Waals surface area contributed by atoms with Gasteiger partial charge in [0.15, 0.2) is 0 Å². The Morgan fingerprint density at radius 3 is 2.25 bits per heavy atom. The van der Waals surface area contributed by atoms with E-state index >= 15 is 0 Å². The third kappa shape index (κ3) is 2.64. The molecule has 1 fully saturated rings. The van der Waals surface area contributed by atoms with Crippen LogP contribution in [-0.4, -0.2) is 24.4 Å². The van der Waals surface area contributed by atoms with Crippen LogP contribution >= 0.6 is 0 Å². The zero-order valence-electron chi connectivity index (χ0n) is 11.9. The van der Waals surface area contributed by atoms with E-state index in [0.29, 0.717) is 0 Å². The smallest absolute Gasteiger partial charge is 0.410 e. The Balaban J connectivity index is 2.25. The predicted molar refractivity (Wildman–Crippen MR) is 72.3 cm³/mol. The van der Waals surface area contributed by atoms with E-state index in [1.807, 2.05) is 27.7 Å². The number of amides is 1. The van der Waals surface area contributed by atoms with Gasteiger partial charge in [-0.25, -0.2) is 9.18 Å². The second-order valence-corrected chi connectivity index (χ2v) is 5.69. The van der Waals surface area contributed by atoms with Crippen molar-refractivity contribution in [2.24, 2.45) is 5.73 Å². The third-order valence-corrected chi connectivity index (χ3v) is 3.70. The Kier molecular flexibility index (Phi) is 3.52. The number of rotatable bonds is 2. The second-order valence-electron chi connectivity index (χ2n) is 5.69. The molecule has 0 atom stereocenters. The number of hydrogen-bond donors (Lipinski definition) is 1. The van der Waals surface area contributed by atoms with Crippen LogP contribution in [0.5, 0.6) is 5.75 Å². The molecule has 0 bridgehead atoms. The summed E-state index contributed by atoms with van der Waals surface area (Å²) in [6.45, 7) is 7.54. The van der Waals surface area contributed by atoms with Gasteiger partial charge in [0.2, 0.25) is 0 Å². The lowest BCUT2D eigenvalue weighted by atomic mass is 9.78. The lowest BCUT2D eigenvalue weighted by Crippen LogP contribution is -2.41. The molecule has 1 aromatic carbocycles. The van der Waals surface area contributed by atoms with Crippen molar-refractivity contribution in [3.05, 3.63) is 24.0 Å². The Labute approximate surface area is 117 Å². The monoisotopic (exact) mass is 281 g/mol. The highest BCUT2D eigenvalue weighted by Gasteiger charge is 2.52. The quantitative estimate of drug-likeness (QED) is 0.835. The molecule has 1 aliphatic rings. The number of halogens is 1. The van der Waals surface area contributed by atoms with Gasteiger partial charge < -0.3 is 19.8 Å². The number of carbonyl (C=O) groups excluding carboxylic acids is 1. The van der Waals surface area contributed by atoms with Gasteiger partial charge in [0.25, 0.3) is 0 Å². The first-order chi connectivity index (χ1) is 9.12. The topological polar surface area (TPSA) is 70.8 Å².